The van der Waals surface area contributed by atoms with E-state index in [1.807, 2.05) is 65.6 Å². The summed E-state index contributed by atoms with van der Waals surface area (Å²) in [5.41, 5.74) is 3.58. The van der Waals surface area contributed by atoms with Gasteiger partial charge in [0.1, 0.15) is 5.69 Å². The average Bonchev–Trinajstić information content (AvgIpc) is 3.31. The Balaban J connectivity index is 1.35. The lowest BCUT2D eigenvalue weighted by Gasteiger charge is -2.14. The third-order valence-electron chi connectivity index (χ3n) is 5.00. The molecule has 0 atom stereocenters. The molecular weight excluding hydrogens is 424 g/mol. The lowest BCUT2D eigenvalue weighted by Crippen LogP contribution is -2.28. The molecule has 7 heteroatoms. The Morgan fingerprint density at radius 2 is 1.55 bits per heavy atom. The van der Waals surface area contributed by atoms with Crippen LogP contribution >= 0.6 is 24.0 Å². The van der Waals surface area contributed by atoms with Crippen molar-refractivity contribution in [1.29, 1.82) is 0 Å². The highest BCUT2D eigenvalue weighted by molar-refractivity contribution is 7.99. The van der Waals surface area contributed by atoms with Gasteiger partial charge in [0, 0.05) is 40.5 Å². The Hall–Kier alpha value is -2.90. The Morgan fingerprint density at radius 1 is 0.935 bits per heavy atom. The van der Waals surface area contributed by atoms with E-state index in [0.29, 0.717) is 10.8 Å². The molecule has 1 amide bonds. The van der Waals surface area contributed by atoms with Gasteiger partial charge >= 0.3 is 0 Å². The maximum atomic E-state index is 12.6. The number of rotatable bonds is 5. The van der Waals surface area contributed by atoms with Crippen molar-refractivity contribution in [2.75, 3.05) is 23.7 Å². The van der Waals surface area contributed by atoms with Gasteiger partial charge in [0.2, 0.25) is 0 Å². The number of carbonyl (C=O) groups is 1. The summed E-state index contributed by atoms with van der Waals surface area (Å²) in [4.78, 5) is 20.8. The van der Waals surface area contributed by atoms with E-state index in [-0.39, 0.29) is 5.91 Å². The van der Waals surface area contributed by atoms with Crippen molar-refractivity contribution in [2.24, 2.45) is 0 Å². The first-order valence-corrected chi connectivity index (χ1v) is 11.5. The smallest absolute Gasteiger partial charge is 0.272 e. The highest BCUT2D eigenvalue weighted by atomic mass is 32.2. The molecule has 2 N–H and O–H groups in total. The minimum atomic E-state index is 0.0223. The zero-order chi connectivity index (χ0) is 21.6. The van der Waals surface area contributed by atoms with Gasteiger partial charge in [-0.15, -0.1) is 0 Å². The molecule has 1 saturated heterocycles. The van der Waals surface area contributed by atoms with Crippen LogP contribution in [0.1, 0.15) is 28.9 Å². The largest absolute Gasteiger partial charge is 0.337 e. The van der Waals surface area contributed by atoms with Gasteiger partial charge in [-0.2, -0.15) is 0 Å². The molecule has 1 aliphatic heterocycles. The monoisotopic (exact) mass is 448 g/mol. The van der Waals surface area contributed by atoms with Gasteiger partial charge in [0.25, 0.3) is 5.91 Å². The molecule has 158 valence electrons. The van der Waals surface area contributed by atoms with Crippen LogP contribution in [0.25, 0.3) is 0 Å². The Kier molecular flexibility index (Phi) is 6.84. The number of pyridine rings is 1. The molecule has 0 spiro atoms. The number of aryl methyl sites for hydroxylation is 1. The molecule has 1 aliphatic rings. The van der Waals surface area contributed by atoms with Crippen LogP contribution in [0, 0.1) is 6.92 Å². The van der Waals surface area contributed by atoms with Crippen molar-refractivity contribution in [1.82, 2.24) is 9.88 Å². The number of thiocarbonyl (C=S) groups is 1. The van der Waals surface area contributed by atoms with E-state index in [4.69, 9.17) is 12.2 Å². The van der Waals surface area contributed by atoms with Crippen molar-refractivity contribution in [3.05, 3.63) is 78.1 Å². The number of hydrogen-bond acceptors (Lipinski definition) is 4. The van der Waals surface area contributed by atoms with Crippen molar-refractivity contribution in [3.63, 3.8) is 0 Å². The van der Waals surface area contributed by atoms with E-state index >= 15 is 0 Å². The second-order valence-electron chi connectivity index (χ2n) is 7.45. The zero-order valence-electron chi connectivity index (χ0n) is 17.3. The fraction of sp³-hybridized carbons (Fsp3) is 0.208. The lowest BCUT2D eigenvalue weighted by atomic mass is 10.2. The highest BCUT2D eigenvalue weighted by Gasteiger charge is 2.20. The normalized spacial score (nSPS) is 13.1. The van der Waals surface area contributed by atoms with Crippen LogP contribution in [0.3, 0.4) is 0 Å². The summed E-state index contributed by atoms with van der Waals surface area (Å²) in [5, 5.41) is 6.93. The standard InChI is InChI=1S/C24H24N4OS2/c1-17-4-6-18(7-5-17)26-24(30)27-19-8-10-20(11-9-19)31-21-12-13-25-22(16-21)23(29)28-14-2-3-15-28/h4-13,16H,2-3,14-15H2,1H3,(H2,26,27,30). The van der Waals surface area contributed by atoms with Crippen LogP contribution in [0.15, 0.2) is 76.7 Å². The maximum absolute atomic E-state index is 12.6. The van der Waals surface area contributed by atoms with Gasteiger partial charge in [-0.25, -0.2) is 0 Å². The molecule has 0 radical (unpaired) electrons. The number of hydrogen-bond donors (Lipinski definition) is 2. The molecule has 31 heavy (non-hydrogen) atoms. The van der Waals surface area contributed by atoms with Crippen LogP contribution in [0.5, 0.6) is 0 Å². The summed E-state index contributed by atoms with van der Waals surface area (Å²) in [5.74, 6) is 0.0223. The zero-order valence-corrected chi connectivity index (χ0v) is 18.9. The summed E-state index contributed by atoms with van der Waals surface area (Å²) in [6.45, 7) is 3.71. The van der Waals surface area contributed by atoms with Gasteiger partial charge in [0.05, 0.1) is 0 Å². The number of aromatic nitrogens is 1. The first-order chi connectivity index (χ1) is 15.1. The molecule has 1 aromatic heterocycles. The average molecular weight is 449 g/mol. The van der Waals surface area contributed by atoms with Crippen LogP contribution in [-0.4, -0.2) is 34.0 Å². The fourth-order valence-electron chi connectivity index (χ4n) is 3.35. The van der Waals surface area contributed by atoms with Gasteiger partial charge in [-0.05, 0) is 80.5 Å². The van der Waals surface area contributed by atoms with Gasteiger partial charge in [-0.1, -0.05) is 29.5 Å². The summed E-state index contributed by atoms with van der Waals surface area (Å²) >= 11 is 7.01. The first-order valence-electron chi connectivity index (χ1n) is 10.2. The topological polar surface area (TPSA) is 57.3 Å². The number of nitrogens with zero attached hydrogens (tertiary/aromatic N) is 2. The van der Waals surface area contributed by atoms with Gasteiger partial charge in [0.15, 0.2) is 5.11 Å². The summed E-state index contributed by atoms with van der Waals surface area (Å²) in [6, 6.07) is 19.9. The van der Waals surface area contributed by atoms with Gasteiger partial charge < -0.3 is 15.5 Å². The molecule has 1 fully saturated rings. The quantitative estimate of drug-likeness (QED) is 0.497. The predicted molar refractivity (Wildman–Crippen MR) is 131 cm³/mol. The highest BCUT2D eigenvalue weighted by Crippen LogP contribution is 2.29. The number of likely N-dealkylation sites (tertiary alicyclic amines) is 1. The molecule has 0 bridgehead atoms. The summed E-state index contributed by atoms with van der Waals surface area (Å²) < 4.78 is 0. The van der Waals surface area contributed by atoms with E-state index < -0.39 is 0 Å². The van der Waals surface area contributed by atoms with E-state index in [1.54, 1.807) is 18.0 Å². The van der Waals surface area contributed by atoms with E-state index in [0.717, 1.165) is 47.1 Å². The minimum absolute atomic E-state index is 0.0223. The molecule has 0 saturated carbocycles. The Morgan fingerprint density at radius 3 is 2.19 bits per heavy atom. The Bertz CT molecular complexity index is 1060. The number of nitrogens with one attached hydrogen (secondary N) is 2. The second kappa shape index (κ2) is 9.94. The third-order valence-corrected chi connectivity index (χ3v) is 6.20. The number of amides is 1. The van der Waals surface area contributed by atoms with E-state index in [1.165, 1.54) is 5.56 Å². The van der Waals surface area contributed by atoms with Crippen LogP contribution in [0.2, 0.25) is 0 Å². The maximum Gasteiger partial charge on any atom is 0.272 e. The molecule has 2 aromatic carbocycles. The second-order valence-corrected chi connectivity index (χ2v) is 9.00. The van der Waals surface area contributed by atoms with Gasteiger partial charge in [-0.3, -0.25) is 9.78 Å². The van der Waals surface area contributed by atoms with Crippen molar-refractivity contribution >= 4 is 46.4 Å². The summed E-state index contributed by atoms with van der Waals surface area (Å²) in [7, 11) is 0. The number of anilines is 2. The lowest BCUT2D eigenvalue weighted by molar-refractivity contribution is 0.0786. The molecule has 3 aromatic rings. The van der Waals surface area contributed by atoms with E-state index in [9.17, 15) is 4.79 Å². The predicted octanol–water partition coefficient (Wildman–Crippen LogP) is 5.59. The third kappa shape index (κ3) is 5.83. The van der Waals surface area contributed by atoms with Crippen molar-refractivity contribution in [3.8, 4) is 0 Å². The molecule has 2 heterocycles. The fourth-order valence-corrected chi connectivity index (χ4v) is 4.43. The first kappa shape index (κ1) is 21.3. The molecule has 0 aliphatic carbocycles. The van der Waals surface area contributed by atoms with Crippen molar-refractivity contribution < 1.29 is 4.79 Å². The Labute approximate surface area is 192 Å². The number of benzene rings is 2. The molecule has 4 rings (SSSR count). The number of carbonyl (C=O) groups excluding carboxylic acids is 1. The SMILES string of the molecule is Cc1ccc(NC(=S)Nc2ccc(Sc3ccnc(C(=O)N4CCCC4)c3)cc2)cc1. The van der Waals surface area contributed by atoms with Crippen LogP contribution < -0.4 is 10.6 Å². The van der Waals surface area contributed by atoms with E-state index in [2.05, 4.69) is 22.5 Å². The van der Waals surface area contributed by atoms with Crippen LogP contribution in [-0.2, 0) is 0 Å². The molecule has 0 unspecified atom stereocenters. The molecule has 5 nitrogen and oxygen atoms in total. The summed E-state index contributed by atoms with van der Waals surface area (Å²) in [6.07, 6.45) is 3.85. The molecular formula is C24H24N4OS2. The van der Waals surface area contributed by atoms with Crippen molar-refractivity contribution in [2.45, 2.75) is 29.6 Å². The minimum Gasteiger partial charge on any atom is -0.337 e. The van der Waals surface area contributed by atoms with Crippen LogP contribution in [0.4, 0.5) is 11.4 Å².